The molecule has 1 aliphatic rings. The van der Waals surface area contributed by atoms with Crippen LogP contribution in [-0.2, 0) is 4.74 Å². The van der Waals surface area contributed by atoms with Crippen molar-refractivity contribution in [3.05, 3.63) is 36.0 Å². The SMILES string of the molecule is COc1ccc(-n2nc(OCCN3CCOCC3)cc2C)cc1. The van der Waals surface area contributed by atoms with Gasteiger partial charge in [0.25, 0.3) is 0 Å². The van der Waals surface area contributed by atoms with Crippen LogP contribution in [0.15, 0.2) is 30.3 Å². The van der Waals surface area contributed by atoms with Gasteiger partial charge in [-0.25, -0.2) is 4.68 Å². The molecule has 6 heteroatoms. The molecule has 0 unspecified atom stereocenters. The van der Waals surface area contributed by atoms with Gasteiger partial charge >= 0.3 is 0 Å². The summed E-state index contributed by atoms with van der Waals surface area (Å²) in [6.45, 7) is 7.13. The van der Waals surface area contributed by atoms with Gasteiger partial charge in [0.2, 0.25) is 5.88 Å². The van der Waals surface area contributed by atoms with Crippen molar-refractivity contribution in [2.45, 2.75) is 6.92 Å². The van der Waals surface area contributed by atoms with Crippen LogP contribution < -0.4 is 9.47 Å². The number of aromatic nitrogens is 2. The van der Waals surface area contributed by atoms with Crippen molar-refractivity contribution in [1.29, 1.82) is 0 Å². The summed E-state index contributed by atoms with van der Waals surface area (Å²) in [4.78, 5) is 2.34. The third-order valence-corrected chi connectivity index (χ3v) is 3.94. The van der Waals surface area contributed by atoms with Gasteiger partial charge in [0.15, 0.2) is 0 Å². The highest BCUT2D eigenvalue weighted by molar-refractivity contribution is 5.38. The molecule has 2 heterocycles. The minimum atomic E-state index is 0.638. The van der Waals surface area contributed by atoms with Crippen LogP contribution in [0.5, 0.6) is 11.6 Å². The highest BCUT2D eigenvalue weighted by Crippen LogP contribution is 2.19. The fourth-order valence-corrected chi connectivity index (χ4v) is 2.61. The number of hydrogen-bond acceptors (Lipinski definition) is 5. The molecule has 0 amide bonds. The fraction of sp³-hybridized carbons (Fsp3) is 0.471. The number of nitrogens with zero attached hydrogens (tertiary/aromatic N) is 3. The van der Waals surface area contributed by atoms with E-state index in [1.54, 1.807) is 7.11 Å². The molecule has 0 aliphatic carbocycles. The van der Waals surface area contributed by atoms with E-state index >= 15 is 0 Å². The Labute approximate surface area is 136 Å². The molecule has 1 fully saturated rings. The summed E-state index contributed by atoms with van der Waals surface area (Å²) in [7, 11) is 1.66. The van der Waals surface area contributed by atoms with Crippen LogP contribution in [0.2, 0.25) is 0 Å². The molecule has 0 N–H and O–H groups in total. The monoisotopic (exact) mass is 317 g/mol. The minimum Gasteiger partial charge on any atom is -0.497 e. The van der Waals surface area contributed by atoms with Crippen molar-refractivity contribution in [3.8, 4) is 17.3 Å². The summed E-state index contributed by atoms with van der Waals surface area (Å²) in [6.07, 6.45) is 0. The average Bonchev–Trinajstić information content (AvgIpc) is 2.97. The summed E-state index contributed by atoms with van der Waals surface area (Å²) in [5.74, 6) is 1.49. The minimum absolute atomic E-state index is 0.638. The average molecular weight is 317 g/mol. The first-order chi connectivity index (χ1) is 11.3. The molecular formula is C17H23N3O3. The number of ether oxygens (including phenoxy) is 3. The van der Waals surface area contributed by atoms with Crippen LogP contribution in [0.4, 0.5) is 0 Å². The van der Waals surface area contributed by atoms with E-state index in [1.807, 2.05) is 41.9 Å². The zero-order valence-electron chi connectivity index (χ0n) is 13.7. The number of methoxy groups -OCH3 is 1. The van der Waals surface area contributed by atoms with Crippen molar-refractivity contribution < 1.29 is 14.2 Å². The normalized spacial score (nSPS) is 15.6. The van der Waals surface area contributed by atoms with Crippen molar-refractivity contribution in [2.75, 3.05) is 46.6 Å². The van der Waals surface area contributed by atoms with Gasteiger partial charge in [0.05, 0.1) is 26.0 Å². The van der Waals surface area contributed by atoms with Crippen molar-refractivity contribution in [1.82, 2.24) is 14.7 Å². The number of benzene rings is 1. The summed E-state index contributed by atoms with van der Waals surface area (Å²) >= 11 is 0. The van der Waals surface area contributed by atoms with E-state index in [4.69, 9.17) is 14.2 Å². The Kier molecular flexibility index (Phi) is 5.15. The lowest BCUT2D eigenvalue weighted by Crippen LogP contribution is -2.38. The molecule has 1 aliphatic heterocycles. The van der Waals surface area contributed by atoms with E-state index in [1.165, 1.54) is 0 Å². The van der Waals surface area contributed by atoms with Crippen LogP contribution >= 0.6 is 0 Å². The first-order valence-corrected chi connectivity index (χ1v) is 7.90. The van der Waals surface area contributed by atoms with Gasteiger partial charge in [-0.15, -0.1) is 5.10 Å². The molecule has 124 valence electrons. The maximum Gasteiger partial charge on any atom is 0.233 e. The maximum atomic E-state index is 5.80. The van der Waals surface area contributed by atoms with Gasteiger partial charge in [0, 0.05) is 31.4 Å². The molecular weight excluding hydrogens is 294 g/mol. The quantitative estimate of drug-likeness (QED) is 0.814. The third-order valence-electron chi connectivity index (χ3n) is 3.94. The number of morpholine rings is 1. The summed E-state index contributed by atoms with van der Waals surface area (Å²) in [5.41, 5.74) is 2.03. The van der Waals surface area contributed by atoms with E-state index in [-0.39, 0.29) is 0 Å². The second-order valence-electron chi connectivity index (χ2n) is 5.54. The third kappa shape index (κ3) is 4.03. The number of aryl methyl sites for hydroxylation is 1. The lowest BCUT2D eigenvalue weighted by Gasteiger charge is -2.26. The second-order valence-corrected chi connectivity index (χ2v) is 5.54. The van der Waals surface area contributed by atoms with Crippen LogP contribution in [0, 0.1) is 6.92 Å². The first-order valence-electron chi connectivity index (χ1n) is 7.90. The fourth-order valence-electron chi connectivity index (χ4n) is 2.61. The standard InChI is InChI=1S/C17H23N3O3/c1-14-13-17(23-12-9-19-7-10-22-11-8-19)18-20(14)15-3-5-16(21-2)6-4-15/h3-6,13H,7-12H2,1-2H3. The molecule has 1 aromatic carbocycles. The molecule has 6 nitrogen and oxygen atoms in total. The van der Waals surface area contributed by atoms with E-state index in [2.05, 4.69) is 10.00 Å². The van der Waals surface area contributed by atoms with Gasteiger partial charge in [-0.05, 0) is 31.2 Å². The second kappa shape index (κ2) is 7.48. The molecule has 3 rings (SSSR count). The lowest BCUT2D eigenvalue weighted by atomic mass is 10.3. The highest BCUT2D eigenvalue weighted by atomic mass is 16.5. The smallest absolute Gasteiger partial charge is 0.233 e. The topological polar surface area (TPSA) is 48.8 Å². The maximum absolute atomic E-state index is 5.80. The Bertz CT molecular complexity index is 619. The molecule has 1 saturated heterocycles. The molecule has 0 spiro atoms. The van der Waals surface area contributed by atoms with E-state index in [0.717, 1.165) is 50.0 Å². The summed E-state index contributed by atoms with van der Waals surface area (Å²) < 4.78 is 18.2. The predicted octanol–water partition coefficient (Wildman–Crippen LogP) is 1.90. The molecule has 0 atom stereocenters. The van der Waals surface area contributed by atoms with Gasteiger partial charge in [0.1, 0.15) is 12.4 Å². The number of rotatable bonds is 6. The van der Waals surface area contributed by atoms with Gasteiger partial charge < -0.3 is 14.2 Å². The molecule has 0 bridgehead atoms. The Morgan fingerprint density at radius 2 is 1.91 bits per heavy atom. The Morgan fingerprint density at radius 3 is 2.61 bits per heavy atom. The van der Waals surface area contributed by atoms with Gasteiger partial charge in [-0.2, -0.15) is 0 Å². The molecule has 0 saturated carbocycles. The lowest BCUT2D eigenvalue weighted by molar-refractivity contribution is 0.0320. The van der Waals surface area contributed by atoms with Crippen molar-refractivity contribution >= 4 is 0 Å². The van der Waals surface area contributed by atoms with Crippen LogP contribution in [-0.4, -0.2) is 61.2 Å². The number of hydrogen-bond donors (Lipinski definition) is 0. The van der Waals surface area contributed by atoms with Crippen LogP contribution in [0.3, 0.4) is 0 Å². The van der Waals surface area contributed by atoms with E-state index < -0.39 is 0 Å². The molecule has 2 aromatic rings. The zero-order chi connectivity index (χ0) is 16.1. The predicted molar refractivity (Wildman–Crippen MR) is 87.6 cm³/mol. The van der Waals surface area contributed by atoms with Crippen molar-refractivity contribution in [2.24, 2.45) is 0 Å². The van der Waals surface area contributed by atoms with E-state index in [0.29, 0.717) is 12.5 Å². The largest absolute Gasteiger partial charge is 0.497 e. The molecule has 1 aromatic heterocycles. The molecule has 0 radical (unpaired) electrons. The van der Waals surface area contributed by atoms with E-state index in [9.17, 15) is 0 Å². The highest BCUT2D eigenvalue weighted by Gasteiger charge is 2.11. The molecule has 23 heavy (non-hydrogen) atoms. The Hall–Kier alpha value is -2.05. The van der Waals surface area contributed by atoms with Gasteiger partial charge in [-0.1, -0.05) is 0 Å². The van der Waals surface area contributed by atoms with Crippen molar-refractivity contribution in [3.63, 3.8) is 0 Å². The van der Waals surface area contributed by atoms with Gasteiger partial charge in [-0.3, -0.25) is 4.90 Å². The van der Waals surface area contributed by atoms with Crippen LogP contribution in [0.1, 0.15) is 5.69 Å². The Balaban J connectivity index is 1.58. The summed E-state index contributed by atoms with van der Waals surface area (Å²) in [5, 5.41) is 4.53. The van der Waals surface area contributed by atoms with Crippen LogP contribution in [0.25, 0.3) is 5.69 Å². The summed E-state index contributed by atoms with van der Waals surface area (Å²) in [6, 6.07) is 9.78. The first kappa shape index (κ1) is 15.8. The Morgan fingerprint density at radius 1 is 1.17 bits per heavy atom. The zero-order valence-corrected chi connectivity index (χ0v) is 13.7.